The number of hydrogen-bond acceptors (Lipinski definition) is 3. The van der Waals surface area contributed by atoms with Crippen LogP contribution in [-0.2, 0) is 6.18 Å². The third kappa shape index (κ3) is 2.11. The van der Waals surface area contributed by atoms with E-state index in [1.165, 1.54) is 6.07 Å². The highest BCUT2D eigenvalue weighted by Crippen LogP contribution is 2.38. The molecule has 0 aliphatic carbocycles. The molecular formula is C13H14F3N3O. The fourth-order valence-electron chi connectivity index (χ4n) is 2.79. The number of benzene rings is 1. The standard InChI is InChI=1S/C13H14F3N3O/c14-13(15,16)8-2-1-3-9-11(8)12(20)18-10-4-5-17-6-7-19(9)10/h1-3,10,17H,4-7H2,(H,18,20)/t10-/m1/s1. The molecule has 4 nitrogen and oxygen atoms in total. The Balaban J connectivity index is 2.12. The van der Waals surface area contributed by atoms with E-state index < -0.39 is 17.6 Å². The third-order valence-corrected chi connectivity index (χ3v) is 3.68. The van der Waals surface area contributed by atoms with Gasteiger partial charge in [0.2, 0.25) is 0 Å². The van der Waals surface area contributed by atoms with E-state index in [9.17, 15) is 18.0 Å². The Hall–Kier alpha value is -1.76. The molecule has 0 spiro atoms. The number of halogens is 3. The van der Waals surface area contributed by atoms with E-state index in [0.717, 1.165) is 12.6 Å². The van der Waals surface area contributed by atoms with Crippen LogP contribution in [0, 0.1) is 0 Å². The molecule has 1 fully saturated rings. The number of rotatable bonds is 0. The van der Waals surface area contributed by atoms with Gasteiger partial charge in [0.05, 0.1) is 16.8 Å². The highest BCUT2D eigenvalue weighted by molar-refractivity contribution is 6.03. The van der Waals surface area contributed by atoms with E-state index >= 15 is 0 Å². The van der Waals surface area contributed by atoms with Crippen molar-refractivity contribution in [1.82, 2.24) is 10.6 Å². The van der Waals surface area contributed by atoms with E-state index in [4.69, 9.17) is 0 Å². The average molecular weight is 285 g/mol. The summed E-state index contributed by atoms with van der Waals surface area (Å²) in [6, 6.07) is 3.89. The van der Waals surface area contributed by atoms with Crippen molar-refractivity contribution in [2.24, 2.45) is 0 Å². The number of carbonyl (C=O) groups is 1. The van der Waals surface area contributed by atoms with Crippen LogP contribution in [0.25, 0.3) is 0 Å². The Morgan fingerprint density at radius 3 is 2.80 bits per heavy atom. The van der Waals surface area contributed by atoms with Gasteiger partial charge in [-0.25, -0.2) is 0 Å². The summed E-state index contributed by atoms with van der Waals surface area (Å²) in [6.45, 7) is 1.98. The minimum Gasteiger partial charge on any atom is -0.349 e. The zero-order chi connectivity index (χ0) is 14.3. The lowest BCUT2D eigenvalue weighted by atomic mass is 9.99. The van der Waals surface area contributed by atoms with Crippen LogP contribution in [0.3, 0.4) is 0 Å². The van der Waals surface area contributed by atoms with Gasteiger partial charge in [0.1, 0.15) is 6.17 Å². The monoisotopic (exact) mass is 285 g/mol. The predicted molar refractivity (Wildman–Crippen MR) is 67.5 cm³/mol. The number of amides is 1. The normalized spacial score (nSPS) is 22.6. The Kier molecular flexibility index (Phi) is 3.08. The lowest BCUT2D eigenvalue weighted by Gasteiger charge is -2.38. The molecule has 0 radical (unpaired) electrons. The first kappa shape index (κ1) is 13.2. The number of carbonyl (C=O) groups excluding carboxylic acids is 1. The van der Waals surface area contributed by atoms with Crippen molar-refractivity contribution in [3.05, 3.63) is 29.3 Å². The van der Waals surface area contributed by atoms with E-state index in [0.29, 0.717) is 25.2 Å². The van der Waals surface area contributed by atoms with Crippen molar-refractivity contribution < 1.29 is 18.0 Å². The fraction of sp³-hybridized carbons (Fsp3) is 0.462. The second-order valence-electron chi connectivity index (χ2n) is 4.92. The molecule has 20 heavy (non-hydrogen) atoms. The van der Waals surface area contributed by atoms with Gasteiger partial charge < -0.3 is 15.5 Å². The van der Waals surface area contributed by atoms with Crippen molar-refractivity contribution in [2.45, 2.75) is 18.8 Å². The first-order chi connectivity index (χ1) is 9.48. The minimum absolute atomic E-state index is 0.242. The number of anilines is 1. The van der Waals surface area contributed by atoms with Gasteiger partial charge in [0.25, 0.3) is 5.91 Å². The summed E-state index contributed by atoms with van der Waals surface area (Å²) >= 11 is 0. The maximum atomic E-state index is 13.0. The van der Waals surface area contributed by atoms with Crippen LogP contribution in [0.1, 0.15) is 22.3 Å². The summed E-state index contributed by atoms with van der Waals surface area (Å²) in [5.41, 5.74) is -0.765. The molecule has 2 heterocycles. The lowest BCUT2D eigenvalue weighted by molar-refractivity contribution is -0.137. The van der Waals surface area contributed by atoms with Gasteiger partial charge in [0.15, 0.2) is 0 Å². The molecule has 1 aromatic rings. The smallest absolute Gasteiger partial charge is 0.349 e. The van der Waals surface area contributed by atoms with Crippen LogP contribution in [0.4, 0.5) is 18.9 Å². The molecule has 3 rings (SSSR count). The van der Waals surface area contributed by atoms with Crippen LogP contribution in [0.15, 0.2) is 18.2 Å². The zero-order valence-electron chi connectivity index (χ0n) is 10.6. The van der Waals surface area contributed by atoms with Crippen LogP contribution < -0.4 is 15.5 Å². The Morgan fingerprint density at radius 2 is 2.05 bits per heavy atom. The van der Waals surface area contributed by atoms with Gasteiger partial charge in [0, 0.05) is 13.1 Å². The van der Waals surface area contributed by atoms with Crippen molar-refractivity contribution >= 4 is 11.6 Å². The predicted octanol–water partition coefficient (Wildman–Crippen LogP) is 1.57. The summed E-state index contributed by atoms with van der Waals surface area (Å²) in [6.07, 6.45) is -4.10. The van der Waals surface area contributed by atoms with Gasteiger partial charge in [-0.15, -0.1) is 0 Å². The summed E-state index contributed by atoms with van der Waals surface area (Å²) in [5.74, 6) is -0.643. The summed E-state index contributed by atoms with van der Waals surface area (Å²) in [7, 11) is 0. The minimum atomic E-state index is -4.53. The second-order valence-corrected chi connectivity index (χ2v) is 4.92. The highest BCUT2D eigenvalue weighted by Gasteiger charge is 2.40. The zero-order valence-corrected chi connectivity index (χ0v) is 10.6. The molecule has 2 N–H and O–H groups in total. The molecule has 2 aliphatic heterocycles. The molecule has 108 valence electrons. The maximum absolute atomic E-state index is 13.0. The number of alkyl halides is 3. The molecule has 0 bridgehead atoms. The number of nitrogens with one attached hydrogen (secondary N) is 2. The molecule has 0 aromatic heterocycles. The lowest BCUT2D eigenvalue weighted by Crippen LogP contribution is -2.53. The Morgan fingerprint density at radius 1 is 1.25 bits per heavy atom. The second kappa shape index (κ2) is 4.66. The van der Waals surface area contributed by atoms with E-state index in [1.54, 1.807) is 6.07 Å². The molecule has 2 aliphatic rings. The van der Waals surface area contributed by atoms with Crippen LogP contribution >= 0.6 is 0 Å². The van der Waals surface area contributed by atoms with Crippen LogP contribution in [-0.4, -0.2) is 31.7 Å². The van der Waals surface area contributed by atoms with Gasteiger partial charge >= 0.3 is 6.18 Å². The Bertz CT molecular complexity index is 544. The largest absolute Gasteiger partial charge is 0.417 e. The number of fused-ring (bicyclic) bond motifs is 3. The summed E-state index contributed by atoms with van der Waals surface area (Å²) in [4.78, 5) is 13.9. The van der Waals surface area contributed by atoms with Crippen molar-refractivity contribution in [3.63, 3.8) is 0 Å². The fourth-order valence-corrected chi connectivity index (χ4v) is 2.79. The number of nitrogens with zero attached hydrogens (tertiary/aromatic N) is 1. The van der Waals surface area contributed by atoms with E-state index in [1.807, 2.05) is 4.90 Å². The molecule has 0 saturated carbocycles. The Labute approximate surface area is 113 Å². The van der Waals surface area contributed by atoms with Crippen molar-refractivity contribution in [3.8, 4) is 0 Å². The topological polar surface area (TPSA) is 44.4 Å². The molecule has 1 amide bonds. The van der Waals surface area contributed by atoms with Crippen LogP contribution in [0.5, 0.6) is 0 Å². The SMILES string of the molecule is O=C1N[C@H]2CCNCCN2c2cccc(C(F)(F)F)c21. The summed E-state index contributed by atoms with van der Waals surface area (Å²) in [5, 5.41) is 5.85. The van der Waals surface area contributed by atoms with Crippen molar-refractivity contribution in [1.29, 1.82) is 0 Å². The first-order valence-electron chi connectivity index (χ1n) is 6.47. The summed E-state index contributed by atoms with van der Waals surface area (Å²) < 4.78 is 39.1. The molecule has 0 unspecified atom stereocenters. The van der Waals surface area contributed by atoms with Gasteiger partial charge in [-0.1, -0.05) is 6.07 Å². The molecule has 1 saturated heterocycles. The van der Waals surface area contributed by atoms with Crippen LogP contribution in [0.2, 0.25) is 0 Å². The molecule has 7 heteroatoms. The molecule has 1 aromatic carbocycles. The van der Waals surface area contributed by atoms with Gasteiger partial charge in [-0.3, -0.25) is 4.79 Å². The third-order valence-electron chi connectivity index (χ3n) is 3.68. The van der Waals surface area contributed by atoms with E-state index in [2.05, 4.69) is 10.6 Å². The average Bonchev–Trinajstić information content (AvgIpc) is 2.62. The molecule has 1 atom stereocenters. The number of hydrogen-bond donors (Lipinski definition) is 2. The van der Waals surface area contributed by atoms with Crippen molar-refractivity contribution in [2.75, 3.05) is 24.5 Å². The maximum Gasteiger partial charge on any atom is 0.417 e. The van der Waals surface area contributed by atoms with Gasteiger partial charge in [-0.05, 0) is 25.1 Å². The quantitative estimate of drug-likeness (QED) is 0.760. The highest BCUT2D eigenvalue weighted by atomic mass is 19.4. The van der Waals surface area contributed by atoms with E-state index in [-0.39, 0.29) is 11.7 Å². The molecular weight excluding hydrogens is 271 g/mol. The first-order valence-corrected chi connectivity index (χ1v) is 6.47. The van der Waals surface area contributed by atoms with Gasteiger partial charge in [-0.2, -0.15) is 13.2 Å².